The Bertz CT molecular complexity index is 1410. The van der Waals surface area contributed by atoms with Gasteiger partial charge in [-0.15, -0.1) is 10.2 Å². The Morgan fingerprint density at radius 2 is 1.69 bits per heavy atom. The van der Waals surface area contributed by atoms with Crippen molar-refractivity contribution in [2.45, 2.75) is 5.16 Å². The number of aromatic nitrogens is 3. The van der Waals surface area contributed by atoms with E-state index in [2.05, 4.69) is 20.8 Å². The van der Waals surface area contributed by atoms with Crippen LogP contribution in [-0.2, 0) is 16.6 Å². The molecule has 2 amide bonds. The van der Waals surface area contributed by atoms with Crippen LogP contribution >= 0.6 is 35.0 Å². The first kappa shape index (κ1) is 25.5. The van der Waals surface area contributed by atoms with Crippen molar-refractivity contribution in [2.75, 3.05) is 16.4 Å². The molecule has 1 heterocycles. The van der Waals surface area contributed by atoms with Crippen LogP contribution in [0, 0.1) is 0 Å². The second-order valence-electron chi connectivity index (χ2n) is 7.61. The lowest BCUT2D eigenvalue weighted by Crippen LogP contribution is -2.14. The van der Waals surface area contributed by atoms with Crippen LogP contribution in [0.2, 0.25) is 10.0 Å². The van der Waals surface area contributed by atoms with Gasteiger partial charge in [0.2, 0.25) is 11.8 Å². The summed E-state index contributed by atoms with van der Waals surface area (Å²) < 4.78 is 1.81. The predicted octanol–water partition coefficient (Wildman–Crippen LogP) is 6.17. The second kappa shape index (κ2) is 11.9. The Morgan fingerprint density at radius 1 is 0.944 bits per heavy atom. The number of rotatable bonds is 8. The van der Waals surface area contributed by atoms with Gasteiger partial charge in [-0.25, -0.2) is 0 Å². The molecule has 0 atom stereocenters. The first-order chi connectivity index (χ1) is 17.4. The largest absolute Gasteiger partial charge is 0.324 e. The summed E-state index contributed by atoms with van der Waals surface area (Å²) in [5.74, 6) is 0.296. The van der Waals surface area contributed by atoms with Crippen molar-refractivity contribution in [1.82, 2.24) is 14.8 Å². The first-order valence-electron chi connectivity index (χ1n) is 10.8. The summed E-state index contributed by atoms with van der Waals surface area (Å²) >= 11 is 13.4. The highest BCUT2D eigenvalue weighted by Gasteiger charge is 2.14. The number of hydrogen-bond donors (Lipinski definition) is 2. The minimum absolute atomic E-state index is 0.121. The van der Waals surface area contributed by atoms with E-state index in [9.17, 15) is 9.59 Å². The highest BCUT2D eigenvalue weighted by Crippen LogP contribution is 2.30. The molecule has 4 rings (SSSR count). The van der Waals surface area contributed by atoms with Gasteiger partial charge in [0.1, 0.15) is 0 Å². The molecule has 0 aliphatic carbocycles. The molecule has 0 aliphatic heterocycles. The topological polar surface area (TPSA) is 88.9 Å². The van der Waals surface area contributed by atoms with Crippen molar-refractivity contribution in [1.29, 1.82) is 0 Å². The van der Waals surface area contributed by atoms with Crippen molar-refractivity contribution in [2.24, 2.45) is 7.05 Å². The minimum Gasteiger partial charge on any atom is -0.324 e. The van der Waals surface area contributed by atoms with Crippen molar-refractivity contribution < 1.29 is 9.59 Å². The number of nitrogens with zero attached hydrogens (tertiary/aromatic N) is 3. The van der Waals surface area contributed by atoms with E-state index < -0.39 is 0 Å². The Morgan fingerprint density at radius 3 is 2.44 bits per heavy atom. The third-order valence-electron chi connectivity index (χ3n) is 5.03. The zero-order chi connectivity index (χ0) is 25.5. The molecule has 0 fully saturated rings. The van der Waals surface area contributed by atoms with E-state index in [4.69, 9.17) is 23.2 Å². The third-order valence-corrected chi connectivity index (χ3v) is 6.87. The molecule has 36 heavy (non-hydrogen) atoms. The van der Waals surface area contributed by atoms with Crippen LogP contribution in [-0.4, -0.2) is 32.3 Å². The molecule has 0 unspecified atom stereocenters. The Balaban J connectivity index is 1.34. The molecule has 0 radical (unpaired) electrons. The average Bonchev–Trinajstić information content (AvgIpc) is 3.25. The number of carbonyl (C=O) groups is 2. The molecule has 0 saturated carbocycles. The highest BCUT2D eigenvalue weighted by atomic mass is 35.5. The lowest BCUT2D eigenvalue weighted by Gasteiger charge is -2.08. The van der Waals surface area contributed by atoms with Crippen LogP contribution in [0.25, 0.3) is 17.5 Å². The molecular weight excluding hydrogens is 517 g/mol. The number of amides is 2. The standard InChI is InChI=1S/C26H21Cl2N5O2S/c1-33-25(31-32-26(33)36-16-23(35)30-21-9-5-8-20(27)24(21)28)18-11-13-19(14-12-18)29-22(34)15-10-17-6-3-2-4-7-17/h2-15H,16H2,1H3,(H,29,34)(H,30,35). The third kappa shape index (κ3) is 6.54. The van der Waals surface area contributed by atoms with Gasteiger partial charge in [0.15, 0.2) is 11.0 Å². The van der Waals surface area contributed by atoms with Crippen molar-refractivity contribution in [3.8, 4) is 11.4 Å². The van der Waals surface area contributed by atoms with Crippen LogP contribution in [0.4, 0.5) is 11.4 Å². The maximum Gasteiger partial charge on any atom is 0.248 e. The van der Waals surface area contributed by atoms with Crippen LogP contribution in [0.1, 0.15) is 5.56 Å². The Kier molecular flexibility index (Phi) is 8.43. The van der Waals surface area contributed by atoms with Crippen molar-refractivity contribution in [3.63, 3.8) is 0 Å². The van der Waals surface area contributed by atoms with E-state index in [-0.39, 0.29) is 17.6 Å². The van der Waals surface area contributed by atoms with Crippen molar-refractivity contribution in [3.05, 3.63) is 94.5 Å². The van der Waals surface area contributed by atoms with Crippen LogP contribution < -0.4 is 10.6 Å². The number of hydrogen-bond acceptors (Lipinski definition) is 5. The molecule has 4 aromatic rings. The zero-order valence-electron chi connectivity index (χ0n) is 19.1. The fourth-order valence-corrected chi connectivity index (χ4v) is 4.29. The normalized spacial score (nSPS) is 11.0. The van der Waals surface area contributed by atoms with E-state index in [1.807, 2.05) is 49.5 Å². The predicted molar refractivity (Wildman–Crippen MR) is 146 cm³/mol. The number of halogens is 2. The average molecular weight is 538 g/mol. The second-order valence-corrected chi connectivity index (χ2v) is 9.34. The molecule has 10 heteroatoms. The fourth-order valence-electron chi connectivity index (χ4n) is 3.23. The van der Waals surface area contributed by atoms with E-state index in [1.54, 1.807) is 41.0 Å². The van der Waals surface area contributed by atoms with Gasteiger partial charge in [0.25, 0.3) is 0 Å². The van der Waals surface area contributed by atoms with Gasteiger partial charge >= 0.3 is 0 Å². The smallest absolute Gasteiger partial charge is 0.248 e. The lowest BCUT2D eigenvalue weighted by molar-refractivity contribution is -0.114. The molecule has 0 saturated heterocycles. The quantitative estimate of drug-likeness (QED) is 0.207. The van der Waals surface area contributed by atoms with Gasteiger partial charge in [0, 0.05) is 24.4 Å². The molecule has 0 spiro atoms. The highest BCUT2D eigenvalue weighted by molar-refractivity contribution is 7.99. The Labute approximate surface area is 222 Å². The number of nitrogens with one attached hydrogen (secondary N) is 2. The summed E-state index contributed by atoms with van der Waals surface area (Å²) in [5, 5.41) is 15.3. The molecule has 7 nitrogen and oxygen atoms in total. The number of benzene rings is 3. The first-order valence-corrected chi connectivity index (χ1v) is 12.6. The molecular formula is C26H21Cl2N5O2S. The molecule has 0 aliphatic rings. The SMILES string of the molecule is Cn1c(SCC(=O)Nc2cccc(Cl)c2Cl)nnc1-c1ccc(NC(=O)C=Cc2ccccc2)cc1. The summed E-state index contributed by atoms with van der Waals surface area (Å²) in [5.41, 5.74) is 2.89. The molecule has 3 aromatic carbocycles. The summed E-state index contributed by atoms with van der Waals surface area (Å²) in [6.07, 6.45) is 3.25. The molecule has 1 aromatic heterocycles. The lowest BCUT2D eigenvalue weighted by atomic mass is 10.2. The van der Waals surface area contributed by atoms with Gasteiger partial charge in [-0.05, 0) is 48.0 Å². The molecule has 0 bridgehead atoms. The molecule has 2 N–H and O–H groups in total. The van der Waals surface area contributed by atoms with E-state index in [1.165, 1.54) is 17.8 Å². The van der Waals surface area contributed by atoms with Crippen LogP contribution in [0.15, 0.2) is 84.0 Å². The van der Waals surface area contributed by atoms with Crippen LogP contribution in [0.3, 0.4) is 0 Å². The maximum atomic E-state index is 12.4. The van der Waals surface area contributed by atoms with Crippen molar-refractivity contribution >= 4 is 64.2 Å². The van der Waals surface area contributed by atoms with Gasteiger partial charge < -0.3 is 15.2 Å². The monoisotopic (exact) mass is 537 g/mol. The molecule has 182 valence electrons. The summed E-state index contributed by atoms with van der Waals surface area (Å²) in [6, 6.07) is 21.9. The van der Waals surface area contributed by atoms with Gasteiger partial charge in [-0.2, -0.15) is 0 Å². The number of carbonyl (C=O) groups excluding carboxylic acids is 2. The van der Waals surface area contributed by atoms with Gasteiger partial charge in [0.05, 0.1) is 21.5 Å². The summed E-state index contributed by atoms with van der Waals surface area (Å²) in [6.45, 7) is 0. The fraction of sp³-hybridized carbons (Fsp3) is 0.0769. The maximum absolute atomic E-state index is 12.4. The number of thioether (sulfide) groups is 1. The van der Waals surface area contributed by atoms with Gasteiger partial charge in [-0.3, -0.25) is 9.59 Å². The van der Waals surface area contributed by atoms with Crippen LogP contribution in [0.5, 0.6) is 0 Å². The minimum atomic E-state index is -0.241. The van der Waals surface area contributed by atoms with Gasteiger partial charge in [-0.1, -0.05) is 71.4 Å². The van der Waals surface area contributed by atoms with E-state index in [0.717, 1.165) is 11.1 Å². The summed E-state index contributed by atoms with van der Waals surface area (Å²) in [4.78, 5) is 24.6. The van der Waals surface area contributed by atoms with E-state index in [0.29, 0.717) is 32.4 Å². The Hall–Kier alpha value is -3.59. The number of anilines is 2. The zero-order valence-corrected chi connectivity index (χ0v) is 21.4. The summed E-state index contributed by atoms with van der Waals surface area (Å²) in [7, 11) is 1.83. The van der Waals surface area contributed by atoms with E-state index >= 15 is 0 Å².